The first kappa shape index (κ1) is 16.6. The number of nitrogens with zero attached hydrogens (tertiary/aromatic N) is 1. The van der Waals surface area contributed by atoms with Crippen molar-refractivity contribution in [1.29, 1.82) is 0 Å². The van der Waals surface area contributed by atoms with Crippen LogP contribution in [0.3, 0.4) is 0 Å². The smallest absolute Gasteiger partial charge is 0.238 e. The standard InChI is InChI=1S/C19H20F2N2O/c1-13-2-7-16(10-18(13)21)22-19(24)12-23(17-8-9-17)11-14-3-5-15(20)6-4-14/h2-7,10,17H,8-9,11-12H2,1H3,(H,22,24). The lowest BCUT2D eigenvalue weighted by Gasteiger charge is -2.21. The number of halogens is 2. The SMILES string of the molecule is Cc1ccc(NC(=O)CN(Cc2ccc(F)cc2)C2CC2)cc1F. The minimum absolute atomic E-state index is 0.174. The summed E-state index contributed by atoms with van der Waals surface area (Å²) in [6.07, 6.45) is 2.13. The van der Waals surface area contributed by atoms with E-state index < -0.39 is 0 Å². The molecule has 5 heteroatoms. The highest BCUT2D eigenvalue weighted by atomic mass is 19.1. The van der Waals surface area contributed by atoms with Crippen LogP contribution >= 0.6 is 0 Å². The summed E-state index contributed by atoms with van der Waals surface area (Å²) in [6.45, 7) is 2.51. The first-order valence-electron chi connectivity index (χ1n) is 8.06. The molecule has 24 heavy (non-hydrogen) atoms. The summed E-state index contributed by atoms with van der Waals surface area (Å²) in [7, 11) is 0. The molecular weight excluding hydrogens is 310 g/mol. The normalized spacial score (nSPS) is 14.0. The third-order valence-electron chi connectivity index (χ3n) is 4.16. The third kappa shape index (κ3) is 4.38. The van der Waals surface area contributed by atoms with Crippen molar-refractivity contribution in [2.75, 3.05) is 11.9 Å². The molecule has 3 nitrogen and oxygen atoms in total. The summed E-state index contributed by atoms with van der Waals surface area (Å²) in [5.74, 6) is -0.777. The van der Waals surface area contributed by atoms with Crippen molar-refractivity contribution in [1.82, 2.24) is 4.90 Å². The maximum absolute atomic E-state index is 13.6. The first-order chi connectivity index (χ1) is 11.5. The lowest BCUT2D eigenvalue weighted by molar-refractivity contribution is -0.117. The van der Waals surface area contributed by atoms with E-state index in [-0.39, 0.29) is 24.1 Å². The van der Waals surface area contributed by atoms with Crippen molar-refractivity contribution < 1.29 is 13.6 Å². The fourth-order valence-corrected chi connectivity index (χ4v) is 2.63. The van der Waals surface area contributed by atoms with Gasteiger partial charge in [-0.2, -0.15) is 0 Å². The van der Waals surface area contributed by atoms with Crippen molar-refractivity contribution in [3.05, 3.63) is 65.2 Å². The number of amides is 1. The van der Waals surface area contributed by atoms with Gasteiger partial charge in [0.25, 0.3) is 0 Å². The molecule has 0 saturated heterocycles. The molecule has 1 saturated carbocycles. The first-order valence-corrected chi connectivity index (χ1v) is 8.06. The Labute approximate surface area is 140 Å². The van der Waals surface area contributed by atoms with E-state index in [1.165, 1.54) is 18.2 Å². The van der Waals surface area contributed by atoms with Crippen LogP contribution in [0.5, 0.6) is 0 Å². The predicted octanol–water partition coefficient (Wildman–Crippen LogP) is 3.88. The molecular formula is C19H20F2N2O. The second kappa shape index (κ2) is 7.09. The fourth-order valence-electron chi connectivity index (χ4n) is 2.63. The van der Waals surface area contributed by atoms with Crippen LogP contribution in [0.15, 0.2) is 42.5 Å². The molecule has 0 aromatic heterocycles. The fraction of sp³-hybridized carbons (Fsp3) is 0.316. The molecule has 1 N–H and O–H groups in total. The number of carbonyl (C=O) groups is 1. The second-order valence-electron chi connectivity index (χ2n) is 6.27. The summed E-state index contributed by atoms with van der Waals surface area (Å²) in [5, 5.41) is 2.74. The summed E-state index contributed by atoms with van der Waals surface area (Å²) in [5.41, 5.74) is 1.97. The maximum Gasteiger partial charge on any atom is 0.238 e. The number of carbonyl (C=O) groups excluding carboxylic acids is 1. The highest BCUT2D eigenvalue weighted by Gasteiger charge is 2.30. The third-order valence-corrected chi connectivity index (χ3v) is 4.16. The summed E-state index contributed by atoms with van der Waals surface area (Å²) in [6, 6.07) is 11.4. The predicted molar refractivity (Wildman–Crippen MR) is 89.6 cm³/mol. The van der Waals surface area contributed by atoms with Crippen LogP contribution in [-0.2, 0) is 11.3 Å². The molecule has 1 fully saturated rings. The monoisotopic (exact) mass is 330 g/mol. The van der Waals surface area contributed by atoms with Crippen LogP contribution in [0.1, 0.15) is 24.0 Å². The van der Waals surface area contributed by atoms with Gasteiger partial charge < -0.3 is 5.32 Å². The Hall–Kier alpha value is -2.27. The summed E-state index contributed by atoms with van der Waals surface area (Å²) in [4.78, 5) is 14.3. The molecule has 1 aliphatic carbocycles. The van der Waals surface area contributed by atoms with Gasteiger partial charge in [0.2, 0.25) is 5.91 Å². The quantitative estimate of drug-likeness (QED) is 0.872. The van der Waals surface area contributed by atoms with Gasteiger partial charge in [0.15, 0.2) is 0 Å². The lowest BCUT2D eigenvalue weighted by atomic mass is 10.2. The highest BCUT2D eigenvalue weighted by molar-refractivity contribution is 5.92. The van der Waals surface area contributed by atoms with Crippen LogP contribution in [0.2, 0.25) is 0 Å². The molecule has 126 valence electrons. The van der Waals surface area contributed by atoms with Crippen LogP contribution in [0.4, 0.5) is 14.5 Å². The maximum atomic E-state index is 13.6. The summed E-state index contributed by atoms with van der Waals surface area (Å²) < 4.78 is 26.6. The number of hydrogen-bond acceptors (Lipinski definition) is 2. The molecule has 2 aromatic rings. The Morgan fingerprint density at radius 1 is 1.17 bits per heavy atom. The van der Waals surface area contributed by atoms with Crippen molar-refractivity contribution in [2.45, 2.75) is 32.4 Å². The Bertz CT molecular complexity index is 727. The minimum atomic E-state index is -0.335. The lowest BCUT2D eigenvalue weighted by Crippen LogP contribution is -2.34. The molecule has 0 bridgehead atoms. The Morgan fingerprint density at radius 3 is 2.50 bits per heavy atom. The van der Waals surface area contributed by atoms with Crippen LogP contribution in [0.25, 0.3) is 0 Å². The van der Waals surface area contributed by atoms with Crippen molar-refractivity contribution >= 4 is 11.6 Å². The highest BCUT2D eigenvalue weighted by Crippen LogP contribution is 2.28. The number of hydrogen-bond donors (Lipinski definition) is 1. The second-order valence-corrected chi connectivity index (χ2v) is 6.27. The van der Waals surface area contributed by atoms with Crippen LogP contribution < -0.4 is 5.32 Å². The number of benzene rings is 2. The van der Waals surface area contributed by atoms with E-state index >= 15 is 0 Å². The number of nitrogens with one attached hydrogen (secondary N) is 1. The van der Waals surface area contributed by atoms with Gasteiger partial charge in [-0.05, 0) is 55.2 Å². The van der Waals surface area contributed by atoms with E-state index in [1.807, 2.05) is 0 Å². The van der Waals surface area contributed by atoms with E-state index in [1.54, 1.807) is 31.2 Å². The Balaban J connectivity index is 1.61. The molecule has 1 amide bonds. The van der Waals surface area contributed by atoms with Crippen molar-refractivity contribution in [3.8, 4) is 0 Å². The van der Waals surface area contributed by atoms with E-state index in [4.69, 9.17) is 0 Å². The number of rotatable bonds is 6. The van der Waals surface area contributed by atoms with Gasteiger partial charge in [0.1, 0.15) is 11.6 Å². The zero-order valence-electron chi connectivity index (χ0n) is 13.6. The topological polar surface area (TPSA) is 32.3 Å². The van der Waals surface area contributed by atoms with Crippen molar-refractivity contribution in [2.24, 2.45) is 0 Å². The molecule has 0 unspecified atom stereocenters. The van der Waals surface area contributed by atoms with Crippen molar-refractivity contribution in [3.63, 3.8) is 0 Å². The molecule has 3 rings (SSSR count). The van der Waals surface area contributed by atoms with Gasteiger partial charge >= 0.3 is 0 Å². The Kier molecular flexibility index (Phi) is 4.90. The zero-order chi connectivity index (χ0) is 17.1. The molecule has 1 aliphatic rings. The van der Waals surface area contributed by atoms with Crippen LogP contribution in [0, 0.1) is 18.6 Å². The van der Waals surface area contributed by atoms with Gasteiger partial charge in [-0.15, -0.1) is 0 Å². The minimum Gasteiger partial charge on any atom is -0.325 e. The molecule has 0 atom stereocenters. The van der Waals surface area contributed by atoms with E-state index in [0.29, 0.717) is 23.8 Å². The van der Waals surface area contributed by atoms with Crippen LogP contribution in [-0.4, -0.2) is 23.4 Å². The molecule has 2 aromatic carbocycles. The zero-order valence-corrected chi connectivity index (χ0v) is 13.6. The molecule has 0 heterocycles. The van der Waals surface area contributed by atoms with Gasteiger partial charge in [-0.3, -0.25) is 9.69 Å². The van der Waals surface area contributed by atoms with Gasteiger partial charge in [0, 0.05) is 18.3 Å². The Morgan fingerprint density at radius 2 is 1.88 bits per heavy atom. The van der Waals surface area contributed by atoms with E-state index in [0.717, 1.165) is 18.4 Å². The molecule has 0 radical (unpaired) electrons. The average Bonchev–Trinajstić information content (AvgIpc) is 3.37. The van der Waals surface area contributed by atoms with E-state index in [2.05, 4.69) is 10.2 Å². The summed E-state index contributed by atoms with van der Waals surface area (Å²) >= 11 is 0. The van der Waals surface area contributed by atoms with Gasteiger partial charge in [-0.1, -0.05) is 18.2 Å². The van der Waals surface area contributed by atoms with Gasteiger partial charge in [-0.25, -0.2) is 8.78 Å². The molecule has 0 aliphatic heterocycles. The number of anilines is 1. The molecule has 0 spiro atoms. The van der Waals surface area contributed by atoms with E-state index in [9.17, 15) is 13.6 Å². The van der Waals surface area contributed by atoms with Gasteiger partial charge in [0.05, 0.1) is 6.54 Å². The largest absolute Gasteiger partial charge is 0.325 e. The number of aryl methyl sites for hydroxylation is 1. The average molecular weight is 330 g/mol.